The molecular weight excluding hydrogens is 200 g/mol. The third-order valence-electron chi connectivity index (χ3n) is 3.08. The molecule has 1 aromatic rings. The lowest BCUT2D eigenvalue weighted by molar-refractivity contribution is 0.397. The van der Waals surface area contributed by atoms with Gasteiger partial charge in [0.2, 0.25) is 5.88 Å². The average molecular weight is 216 g/mol. The molecule has 0 amide bonds. The van der Waals surface area contributed by atoms with Gasteiger partial charge in [-0.2, -0.15) is 0 Å². The number of fused-ring (bicyclic) bond motifs is 1. The first kappa shape index (κ1) is 10.7. The first-order valence-electron chi connectivity index (χ1n) is 5.24. The average Bonchev–Trinajstić information content (AvgIpc) is 2.27. The largest absolute Gasteiger partial charge is 0.481 e. The number of rotatable bonds is 1. The fourth-order valence-corrected chi connectivity index (χ4v) is 1.88. The number of methoxy groups -OCH3 is 1. The van der Waals surface area contributed by atoms with Crippen molar-refractivity contribution in [3.63, 3.8) is 0 Å². The van der Waals surface area contributed by atoms with Crippen LogP contribution in [0.25, 0.3) is 5.57 Å². The van der Waals surface area contributed by atoms with Gasteiger partial charge in [-0.3, -0.25) is 0 Å². The van der Waals surface area contributed by atoms with E-state index in [-0.39, 0.29) is 0 Å². The Labute approximate surface area is 95.8 Å². The summed E-state index contributed by atoms with van der Waals surface area (Å²) in [5, 5.41) is 3.29. The summed E-state index contributed by atoms with van der Waals surface area (Å²) < 4.78 is 5.19. The van der Waals surface area contributed by atoms with E-state index in [9.17, 15) is 0 Å². The Morgan fingerprint density at radius 2 is 1.94 bits per heavy atom. The first-order chi connectivity index (χ1) is 7.54. The van der Waals surface area contributed by atoms with Crippen LogP contribution < -0.4 is 10.1 Å². The molecule has 0 bridgehead atoms. The number of nitrogens with one attached hydrogen (secondary N) is 1. The molecule has 1 aliphatic heterocycles. The third kappa shape index (κ3) is 1.48. The van der Waals surface area contributed by atoms with Crippen molar-refractivity contribution in [1.82, 2.24) is 4.98 Å². The molecular formula is C13H16N2O. The molecule has 3 nitrogen and oxygen atoms in total. The molecule has 16 heavy (non-hydrogen) atoms. The topological polar surface area (TPSA) is 34.1 Å². The minimum atomic E-state index is 0.651. The first-order valence-corrected chi connectivity index (χ1v) is 5.24. The summed E-state index contributed by atoms with van der Waals surface area (Å²) in [6.45, 7) is 10.1. The number of aryl methyl sites for hydroxylation is 1. The van der Waals surface area contributed by atoms with Gasteiger partial charge in [0.05, 0.1) is 18.5 Å². The maximum absolute atomic E-state index is 5.19. The lowest BCUT2D eigenvalue weighted by Gasteiger charge is -2.24. The van der Waals surface area contributed by atoms with Crippen molar-refractivity contribution in [3.8, 4) is 5.88 Å². The van der Waals surface area contributed by atoms with Gasteiger partial charge in [-0.25, -0.2) is 4.98 Å². The highest BCUT2D eigenvalue weighted by molar-refractivity contribution is 5.86. The van der Waals surface area contributed by atoms with E-state index in [2.05, 4.69) is 30.7 Å². The zero-order chi connectivity index (χ0) is 11.9. The van der Waals surface area contributed by atoms with Crippen LogP contribution in [0.1, 0.15) is 25.1 Å². The fourth-order valence-electron chi connectivity index (χ4n) is 1.88. The maximum Gasteiger partial charge on any atom is 0.213 e. The Bertz CT molecular complexity index is 501. The molecule has 2 rings (SSSR count). The number of pyridine rings is 1. The molecule has 0 aliphatic carbocycles. The van der Waals surface area contributed by atoms with E-state index in [1.807, 2.05) is 13.0 Å². The van der Waals surface area contributed by atoms with Gasteiger partial charge < -0.3 is 10.1 Å². The molecule has 0 radical (unpaired) electrons. The third-order valence-corrected chi connectivity index (χ3v) is 3.08. The van der Waals surface area contributed by atoms with E-state index in [1.165, 1.54) is 11.1 Å². The van der Waals surface area contributed by atoms with Crippen LogP contribution in [-0.4, -0.2) is 12.1 Å². The van der Waals surface area contributed by atoms with Crippen molar-refractivity contribution in [2.45, 2.75) is 20.8 Å². The SMILES string of the molecule is C=C1Nc2c(cc(OC)nc2C)C(C)=C1C. The molecule has 2 heterocycles. The summed E-state index contributed by atoms with van der Waals surface area (Å²) in [5.74, 6) is 0.651. The Morgan fingerprint density at radius 1 is 1.25 bits per heavy atom. The molecule has 0 atom stereocenters. The monoisotopic (exact) mass is 216 g/mol. The number of anilines is 1. The van der Waals surface area contributed by atoms with Crippen LogP contribution in [0.5, 0.6) is 5.88 Å². The predicted molar refractivity (Wildman–Crippen MR) is 66.6 cm³/mol. The van der Waals surface area contributed by atoms with Gasteiger partial charge in [0, 0.05) is 17.3 Å². The minimum absolute atomic E-state index is 0.651. The van der Waals surface area contributed by atoms with Gasteiger partial charge in [-0.05, 0) is 31.9 Å². The number of ether oxygens (including phenoxy) is 1. The van der Waals surface area contributed by atoms with Gasteiger partial charge in [-0.1, -0.05) is 6.58 Å². The number of hydrogen-bond donors (Lipinski definition) is 1. The molecule has 1 aromatic heterocycles. The Balaban J connectivity index is 2.69. The second kappa shape index (κ2) is 3.67. The highest BCUT2D eigenvalue weighted by atomic mass is 16.5. The lowest BCUT2D eigenvalue weighted by atomic mass is 9.95. The summed E-state index contributed by atoms with van der Waals surface area (Å²) in [7, 11) is 1.63. The van der Waals surface area contributed by atoms with Crippen molar-refractivity contribution in [2.75, 3.05) is 12.4 Å². The predicted octanol–water partition coefficient (Wildman–Crippen LogP) is 3.13. The molecule has 1 aliphatic rings. The number of nitrogens with zero attached hydrogens (tertiary/aromatic N) is 1. The Hall–Kier alpha value is -1.77. The van der Waals surface area contributed by atoms with Crippen LogP contribution in [0.4, 0.5) is 5.69 Å². The van der Waals surface area contributed by atoms with Crippen molar-refractivity contribution in [3.05, 3.63) is 35.2 Å². The van der Waals surface area contributed by atoms with Crippen LogP contribution in [0.2, 0.25) is 0 Å². The quantitative estimate of drug-likeness (QED) is 0.783. The summed E-state index contributed by atoms with van der Waals surface area (Å²) >= 11 is 0. The lowest BCUT2D eigenvalue weighted by Crippen LogP contribution is -2.11. The van der Waals surface area contributed by atoms with E-state index < -0.39 is 0 Å². The van der Waals surface area contributed by atoms with Gasteiger partial charge >= 0.3 is 0 Å². The Kier molecular flexibility index (Phi) is 2.46. The standard InChI is InChI=1S/C13H16N2O/c1-7-8(2)11-6-12(16-5)14-10(4)13(11)15-9(7)3/h6,15H,3H2,1-2,4-5H3. The molecule has 0 fully saturated rings. The minimum Gasteiger partial charge on any atom is -0.481 e. The fraction of sp³-hybridized carbons (Fsp3) is 0.308. The summed E-state index contributed by atoms with van der Waals surface area (Å²) in [5.41, 5.74) is 6.47. The van der Waals surface area contributed by atoms with E-state index in [0.29, 0.717) is 5.88 Å². The molecule has 3 heteroatoms. The number of allylic oxidation sites excluding steroid dienone is 2. The second-order valence-corrected chi connectivity index (χ2v) is 4.03. The van der Waals surface area contributed by atoms with Crippen LogP contribution in [-0.2, 0) is 0 Å². The van der Waals surface area contributed by atoms with E-state index in [0.717, 1.165) is 22.6 Å². The molecule has 0 saturated carbocycles. The molecule has 1 N–H and O–H groups in total. The zero-order valence-electron chi connectivity index (χ0n) is 10.1. The highest BCUT2D eigenvalue weighted by Gasteiger charge is 2.19. The van der Waals surface area contributed by atoms with E-state index >= 15 is 0 Å². The van der Waals surface area contributed by atoms with Crippen LogP contribution in [0.15, 0.2) is 23.9 Å². The van der Waals surface area contributed by atoms with Crippen LogP contribution in [0.3, 0.4) is 0 Å². The Morgan fingerprint density at radius 3 is 2.56 bits per heavy atom. The second-order valence-electron chi connectivity index (χ2n) is 4.03. The summed E-state index contributed by atoms with van der Waals surface area (Å²) in [4.78, 5) is 4.35. The van der Waals surface area contributed by atoms with E-state index in [4.69, 9.17) is 4.74 Å². The number of hydrogen-bond acceptors (Lipinski definition) is 3. The maximum atomic E-state index is 5.19. The van der Waals surface area contributed by atoms with Crippen molar-refractivity contribution < 1.29 is 4.74 Å². The summed E-state index contributed by atoms with van der Waals surface area (Å²) in [6, 6.07) is 1.96. The van der Waals surface area contributed by atoms with Crippen molar-refractivity contribution in [1.29, 1.82) is 0 Å². The molecule has 0 aromatic carbocycles. The molecule has 0 saturated heterocycles. The van der Waals surface area contributed by atoms with Gasteiger partial charge in [0.15, 0.2) is 0 Å². The summed E-state index contributed by atoms with van der Waals surface area (Å²) in [6.07, 6.45) is 0. The normalized spacial score (nSPS) is 14.6. The van der Waals surface area contributed by atoms with Gasteiger partial charge in [0.25, 0.3) is 0 Å². The van der Waals surface area contributed by atoms with Crippen LogP contribution in [0, 0.1) is 6.92 Å². The number of aromatic nitrogens is 1. The molecule has 0 unspecified atom stereocenters. The van der Waals surface area contributed by atoms with Gasteiger partial charge in [-0.15, -0.1) is 0 Å². The van der Waals surface area contributed by atoms with Crippen molar-refractivity contribution >= 4 is 11.3 Å². The zero-order valence-corrected chi connectivity index (χ0v) is 10.1. The van der Waals surface area contributed by atoms with Gasteiger partial charge in [0.1, 0.15) is 0 Å². The van der Waals surface area contributed by atoms with Crippen LogP contribution >= 0.6 is 0 Å². The highest BCUT2D eigenvalue weighted by Crippen LogP contribution is 2.37. The van der Waals surface area contributed by atoms with Crippen molar-refractivity contribution in [2.24, 2.45) is 0 Å². The smallest absolute Gasteiger partial charge is 0.213 e. The molecule has 0 spiro atoms. The van der Waals surface area contributed by atoms with E-state index in [1.54, 1.807) is 7.11 Å². The molecule has 84 valence electrons.